The van der Waals surface area contributed by atoms with E-state index in [-0.39, 0.29) is 0 Å². The van der Waals surface area contributed by atoms with E-state index in [0.717, 1.165) is 18.6 Å². The Balaban J connectivity index is 3.28. The third-order valence-corrected chi connectivity index (χ3v) is 1.53. The normalized spacial score (nSPS) is 13.8. The van der Waals surface area contributed by atoms with E-state index in [4.69, 9.17) is 0 Å². The van der Waals surface area contributed by atoms with Crippen molar-refractivity contribution in [1.29, 1.82) is 0 Å². The Morgan fingerprint density at radius 3 is 2.70 bits per heavy atom. The van der Waals surface area contributed by atoms with Gasteiger partial charge in [-0.2, -0.15) is 0 Å². The van der Waals surface area contributed by atoms with Crippen molar-refractivity contribution in [1.82, 2.24) is 0 Å². The molecule has 0 rings (SSSR count). The van der Waals surface area contributed by atoms with Crippen LogP contribution in [0.4, 0.5) is 0 Å². The summed E-state index contributed by atoms with van der Waals surface area (Å²) >= 11 is 0. The standard InChI is InChI=1S/C9H16O/c1-3-6-9(2)7-4-5-8-10/h4-5,8-9H,3,6-7H2,1-2H3. The van der Waals surface area contributed by atoms with Gasteiger partial charge in [0.15, 0.2) is 0 Å². The summed E-state index contributed by atoms with van der Waals surface area (Å²) in [5, 5.41) is 0. The van der Waals surface area contributed by atoms with Gasteiger partial charge >= 0.3 is 0 Å². The largest absolute Gasteiger partial charge is 0.299 e. The molecule has 1 nitrogen and oxygen atoms in total. The molecule has 0 amide bonds. The number of rotatable bonds is 5. The highest BCUT2D eigenvalue weighted by Gasteiger charge is 1.95. The lowest BCUT2D eigenvalue weighted by Gasteiger charge is -2.03. The Hall–Kier alpha value is -0.590. The number of hydrogen-bond acceptors (Lipinski definition) is 1. The molecule has 0 N–H and O–H groups in total. The highest BCUT2D eigenvalue weighted by molar-refractivity contribution is 5.64. The predicted molar refractivity (Wildman–Crippen MR) is 43.9 cm³/mol. The third-order valence-electron chi connectivity index (χ3n) is 1.53. The van der Waals surface area contributed by atoms with Gasteiger partial charge in [0.2, 0.25) is 0 Å². The first-order chi connectivity index (χ1) is 4.81. The molecule has 0 aromatic heterocycles. The van der Waals surface area contributed by atoms with E-state index in [2.05, 4.69) is 13.8 Å². The summed E-state index contributed by atoms with van der Waals surface area (Å²) in [4.78, 5) is 9.86. The van der Waals surface area contributed by atoms with Gasteiger partial charge in [0.25, 0.3) is 0 Å². The first-order valence-corrected chi connectivity index (χ1v) is 3.91. The molecule has 0 aliphatic heterocycles. The number of allylic oxidation sites excluding steroid dienone is 2. The fraction of sp³-hybridized carbons (Fsp3) is 0.667. The summed E-state index contributed by atoms with van der Waals surface area (Å²) < 4.78 is 0. The molecule has 58 valence electrons. The summed E-state index contributed by atoms with van der Waals surface area (Å²) in [6, 6.07) is 0. The predicted octanol–water partition coefficient (Wildman–Crippen LogP) is 2.57. The van der Waals surface area contributed by atoms with Gasteiger partial charge in [-0.05, 0) is 18.4 Å². The molecular formula is C9H16O. The van der Waals surface area contributed by atoms with E-state index in [1.807, 2.05) is 6.08 Å². The lowest BCUT2D eigenvalue weighted by Crippen LogP contribution is -1.90. The van der Waals surface area contributed by atoms with Crippen LogP contribution in [-0.4, -0.2) is 6.29 Å². The Kier molecular flexibility index (Phi) is 6.14. The molecule has 0 radical (unpaired) electrons. The van der Waals surface area contributed by atoms with Gasteiger partial charge in [0.1, 0.15) is 6.29 Å². The summed E-state index contributed by atoms with van der Waals surface area (Å²) in [5.74, 6) is 0.723. The van der Waals surface area contributed by atoms with Crippen LogP contribution in [0.1, 0.15) is 33.1 Å². The zero-order valence-corrected chi connectivity index (χ0v) is 6.84. The maximum atomic E-state index is 9.86. The maximum absolute atomic E-state index is 9.86. The van der Waals surface area contributed by atoms with Crippen LogP contribution in [0, 0.1) is 5.92 Å². The van der Waals surface area contributed by atoms with Crippen LogP contribution in [0.5, 0.6) is 0 Å². The molecule has 10 heavy (non-hydrogen) atoms. The fourth-order valence-electron chi connectivity index (χ4n) is 0.977. The van der Waals surface area contributed by atoms with Crippen LogP contribution in [0.25, 0.3) is 0 Å². The molecule has 0 aliphatic carbocycles. The van der Waals surface area contributed by atoms with Gasteiger partial charge in [0.05, 0.1) is 0 Å². The van der Waals surface area contributed by atoms with Crippen molar-refractivity contribution < 1.29 is 4.79 Å². The summed E-state index contributed by atoms with van der Waals surface area (Å²) in [6.07, 6.45) is 7.87. The third kappa shape index (κ3) is 5.54. The molecule has 0 aliphatic rings. The number of carbonyl (C=O) groups is 1. The molecule has 0 fully saturated rings. The second-order valence-corrected chi connectivity index (χ2v) is 2.69. The van der Waals surface area contributed by atoms with Crippen molar-refractivity contribution in [3.05, 3.63) is 12.2 Å². The molecule has 1 atom stereocenters. The minimum atomic E-state index is 0.723. The molecule has 1 unspecified atom stereocenters. The first-order valence-electron chi connectivity index (χ1n) is 3.91. The van der Waals surface area contributed by atoms with Crippen molar-refractivity contribution >= 4 is 6.29 Å². The molecule has 0 aromatic carbocycles. The molecule has 0 heterocycles. The highest BCUT2D eigenvalue weighted by atomic mass is 16.1. The van der Waals surface area contributed by atoms with Gasteiger partial charge in [-0.25, -0.2) is 0 Å². The lowest BCUT2D eigenvalue weighted by molar-refractivity contribution is -0.104. The molecule has 1 heteroatoms. The van der Waals surface area contributed by atoms with Crippen molar-refractivity contribution in [3.8, 4) is 0 Å². The number of hydrogen-bond donors (Lipinski definition) is 0. The van der Waals surface area contributed by atoms with Gasteiger partial charge in [-0.3, -0.25) is 4.79 Å². The minimum Gasteiger partial charge on any atom is -0.299 e. The molecular weight excluding hydrogens is 124 g/mol. The molecule has 0 spiro atoms. The van der Waals surface area contributed by atoms with Gasteiger partial charge in [-0.15, -0.1) is 0 Å². The highest BCUT2D eigenvalue weighted by Crippen LogP contribution is 2.09. The van der Waals surface area contributed by atoms with Crippen LogP contribution >= 0.6 is 0 Å². The Labute approximate surface area is 63.1 Å². The summed E-state index contributed by atoms with van der Waals surface area (Å²) in [5.41, 5.74) is 0. The number of aldehydes is 1. The second-order valence-electron chi connectivity index (χ2n) is 2.69. The average Bonchev–Trinajstić information content (AvgIpc) is 1.89. The Bertz CT molecular complexity index is 105. The van der Waals surface area contributed by atoms with Crippen LogP contribution in [-0.2, 0) is 4.79 Å². The van der Waals surface area contributed by atoms with Crippen molar-refractivity contribution in [2.75, 3.05) is 0 Å². The zero-order chi connectivity index (χ0) is 7.82. The Morgan fingerprint density at radius 1 is 1.50 bits per heavy atom. The van der Waals surface area contributed by atoms with E-state index >= 15 is 0 Å². The van der Waals surface area contributed by atoms with Crippen molar-refractivity contribution in [2.45, 2.75) is 33.1 Å². The average molecular weight is 140 g/mol. The minimum absolute atomic E-state index is 0.723. The monoisotopic (exact) mass is 140 g/mol. The van der Waals surface area contributed by atoms with Crippen molar-refractivity contribution in [3.63, 3.8) is 0 Å². The zero-order valence-electron chi connectivity index (χ0n) is 6.84. The maximum Gasteiger partial charge on any atom is 0.142 e. The lowest BCUT2D eigenvalue weighted by atomic mass is 10.0. The molecule has 0 bridgehead atoms. The van der Waals surface area contributed by atoms with Crippen molar-refractivity contribution in [2.24, 2.45) is 5.92 Å². The summed E-state index contributed by atoms with van der Waals surface area (Å²) in [6.45, 7) is 4.39. The topological polar surface area (TPSA) is 17.1 Å². The van der Waals surface area contributed by atoms with Crippen LogP contribution in [0.2, 0.25) is 0 Å². The van der Waals surface area contributed by atoms with Gasteiger partial charge < -0.3 is 0 Å². The van der Waals surface area contributed by atoms with Crippen LogP contribution < -0.4 is 0 Å². The van der Waals surface area contributed by atoms with Gasteiger partial charge in [-0.1, -0.05) is 32.8 Å². The molecule has 0 saturated carbocycles. The van der Waals surface area contributed by atoms with E-state index in [1.54, 1.807) is 6.08 Å². The van der Waals surface area contributed by atoms with E-state index in [0.29, 0.717) is 0 Å². The Morgan fingerprint density at radius 2 is 2.20 bits per heavy atom. The van der Waals surface area contributed by atoms with E-state index in [1.165, 1.54) is 12.8 Å². The van der Waals surface area contributed by atoms with Crippen LogP contribution in [0.3, 0.4) is 0 Å². The first kappa shape index (κ1) is 9.41. The fourth-order valence-corrected chi connectivity index (χ4v) is 0.977. The molecule has 0 saturated heterocycles. The SMILES string of the molecule is CCCC(C)CC=CC=O. The molecule has 0 aromatic rings. The van der Waals surface area contributed by atoms with Crippen LogP contribution in [0.15, 0.2) is 12.2 Å². The van der Waals surface area contributed by atoms with E-state index < -0.39 is 0 Å². The second kappa shape index (κ2) is 6.53. The van der Waals surface area contributed by atoms with Gasteiger partial charge in [0, 0.05) is 0 Å². The smallest absolute Gasteiger partial charge is 0.142 e. The van der Waals surface area contributed by atoms with E-state index in [9.17, 15) is 4.79 Å². The number of carbonyl (C=O) groups excluding carboxylic acids is 1. The summed E-state index contributed by atoms with van der Waals surface area (Å²) in [7, 11) is 0. The quantitative estimate of drug-likeness (QED) is 0.423.